The molecule has 5 rings (SSSR count). The quantitative estimate of drug-likeness (QED) is 0.280. The number of halogens is 3. The minimum atomic E-state index is -1.64. The second kappa shape index (κ2) is 10.5. The second-order valence-corrected chi connectivity index (χ2v) is 10.00. The molecule has 6 N–H and O–H groups in total. The number of piperidine rings is 1. The lowest BCUT2D eigenvalue weighted by Crippen LogP contribution is -2.65. The summed E-state index contributed by atoms with van der Waals surface area (Å²) in [5, 5.41) is 39.7. The molecule has 1 saturated heterocycles. The standard InChI is InChI=1S/C27H26F3N5O5/c1-12-9-31-11-27(24(12)37,35-26(39)40)21-13-5-8-19(36)22(13)32-10-18(21)34-25(38)17-7-6-16(30)23(33-17)20-14(28)3-2-4-15(20)29/h2-4,6-7,10,12,19,24,31,35-37H,5,8-9,11H2,1H3,(H,34,38)(H,39,40)/t12-,19?,24+,27-/m0/s1. The predicted octanol–water partition coefficient (Wildman–Crippen LogP) is 2.86. The molecule has 1 aromatic carbocycles. The summed E-state index contributed by atoms with van der Waals surface area (Å²) in [6, 6.07) is 4.86. The zero-order valence-electron chi connectivity index (χ0n) is 21.2. The number of hydrogen-bond acceptors (Lipinski definition) is 7. The number of carbonyl (C=O) groups excluding carboxylic acids is 1. The Labute approximate surface area is 226 Å². The van der Waals surface area contributed by atoms with Gasteiger partial charge in [-0.2, -0.15) is 0 Å². The monoisotopic (exact) mass is 557 g/mol. The molecule has 0 spiro atoms. The molecule has 10 nitrogen and oxygen atoms in total. The van der Waals surface area contributed by atoms with Crippen LogP contribution in [0.4, 0.5) is 23.7 Å². The van der Waals surface area contributed by atoms with Gasteiger partial charge >= 0.3 is 6.09 Å². The number of amides is 2. The first-order chi connectivity index (χ1) is 19.0. The lowest BCUT2D eigenvalue weighted by atomic mass is 9.74. The zero-order valence-corrected chi connectivity index (χ0v) is 21.2. The Bertz CT molecular complexity index is 1490. The SMILES string of the molecule is C[C@H]1CNC[C@](NC(=O)O)(c2c(NC(=O)c3ccc(F)c(-c4c(F)cccc4F)n3)cnc3c2CCC3O)[C@@H]1O. The lowest BCUT2D eigenvalue weighted by molar-refractivity contribution is -0.00478. The number of carbonyl (C=O) groups is 2. The molecule has 2 aliphatic rings. The van der Waals surface area contributed by atoms with E-state index in [1.54, 1.807) is 6.92 Å². The molecule has 210 valence electrons. The largest absolute Gasteiger partial charge is 0.465 e. The van der Waals surface area contributed by atoms with Gasteiger partial charge in [0.05, 0.1) is 35.3 Å². The molecule has 2 amide bonds. The van der Waals surface area contributed by atoms with Crippen LogP contribution in [0.25, 0.3) is 11.3 Å². The number of nitrogens with zero attached hydrogens (tertiary/aromatic N) is 2. The predicted molar refractivity (Wildman–Crippen MR) is 136 cm³/mol. The number of benzene rings is 1. The van der Waals surface area contributed by atoms with Crippen LogP contribution in [0.15, 0.2) is 36.5 Å². The number of pyridine rings is 2. The molecule has 0 saturated carbocycles. The third-order valence-corrected chi connectivity index (χ3v) is 7.41. The van der Waals surface area contributed by atoms with Gasteiger partial charge in [0, 0.05) is 18.7 Å². The Kier molecular flexibility index (Phi) is 7.21. The Hall–Kier alpha value is -4.07. The summed E-state index contributed by atoms with van der Waals surface area (Å²) >= 11 is 0. The molecule has 3 aromatic rings. The van der Waals surface area contributed by atoms with Crippen molar-refractivity contribution in [3.8, 4) is 11.3 Å². The normalized spacial score (nSPS) is 23.9. The third kappa shape index (κ3) is 4.65. The fourth-order valence-electron chi connectivity index (χ4n) is 5.59. The highest BCUT2D eigenvalue weighted by molar-refractivity contribution is 6.03. The Morgan fingerprint density at radius 1 is 1.10 bits per heavy atom. The van der Waals surface area contributed by atoms with Crippen LogP contribution in [0.3, 0.4) is 0 Å². The average molecular weight is 558 g/mol. The minimum absolute atomic E-state index is 0.0197. The van der Waals surface area contributed by atoms with Gasteiger partial charge in [-0.05, 0) is 48.6 Å². The van der Waals surface area contributed by atoms with Crippen LogP contribution >= 0.6 is 0 Å². The number of hydrogen-bond donors (Lipinski definition) is 6. The van der Waals surface area contributed by atoms with Gasteiger partial charge in [-0.3, -0.25) is 9.78 Å². The van der Waals surface area contributed by atoms with Crippen molar-refractivity contribution in [1.29, 1.82) is 0 Å². The first-order valence-corrected chi connectivity index (χ1v) is 12.6. The smallest absolute Gasteiger partial charge is 0.405 e. The van der Waals surface area contributed by atoms with Crippen LogP contribution in [0, 0.1) is 23.4 Å². The first kappa shape index (κ1) is 27.5. The minimum Gasteiger partial charge on any atom is -0.465 e. The number of aliphatic hydroxyl groups is 2. The van der Waals surface area contributed by atoms with E-state index < -0.39 is 64.4 Å². The van der Waals surface area contributed by atoms with E-state index in [4.69, 9.17) is 0 Å². The molecule has 13 heteroatoms. The molecular weight excluding hydrogens is 531 g/mol. The number of anilines is 1. The lowest BCUT2D eigenvalue weighted by Gasteiger charge is -2.46. The third-order valence-electron chi connectivity index (χ3n) is 7.41. The number of fused-ring (bicyclic) bond motifs is 1. The number of nitrogens with one attached hydrogen (secondary N) is 3. The molecule has 2 aromatic heterocycles. The summed E-state index contributed by atoms with van der Waals surface area (Å²) in [6.07, 6.45) is -1.76. The van der Waals surface area contributed by atoms with Crippen molar-refractivity contribution in [3.63, 3.8) is 0 Å². The fourth-order valence-corrected chi connectivity index (χ4v) is 5.59. The van der Waals surface area contributed by atoms with Gasteiger partial charge in [0.1, 0.15) is 34.4 Å². The fraction of sp³-hybridized carbons (Fsp3) is 0.333. The Morgan fingerprint density at radius 2 is 1.82 bits per heavy atom. The summed E-state index contributed by atoms with van der Waals surface area (Å²) in [7, 11) is 0. The van der Waals surface area contributed by atoms with Crippen LogP contribution in [0.2, 0.25) is 0 Å². The van der Waals surface area contributed by atoms with Gasteiger partial charge in [0.2, 0.25) is 0 Å². The highest BCUT2D eigenvalue weighted by Crippen LogP contribution is 2.43. The van der Waals surface area contributed by atoms with Gasteiger partial charge in [-0.15, -0.1) is 0 Å². The van der Waals surface area contributed by atoms with Crippen LogP contribution in [0.5, 0.6) is 0 Å². The molecule has 4 atom stereocenters. The van der Waals surface area contributed by atoms with Crippen molar-refractivity contribution in [2.75, 3.05) is 18.4 Å². The van der Waals surface area contributed by atoms with E-state index in [1.165, 1.54) is 6.20 Å². The molecule has 0 radical (unpaired) electrons. The summed E-state index contributed by atoms with van der Waals surface area (Å²) in [6.45, 7) is 2.10. The molecule has 1 aliphatic heterocycles. The maximum absolute atomic E-state index is 14.6. The van der Waals surface area contributed by atoms with E-state index in [0.29, 0.717) is 24.2 Å². The van der Waals surface area contributed by atoms with Crippen LogP contribution in [0.1, 0.15) is 46.8 Å². The first-order valence-electron chi connectivity index (χ1n) is 12.6. The highest BCUT2D eigenvalue weighted by Gasteiger charge is 2.50. The van der Waals surface area contributed by atoms with Crippen LogP contribution in [-0.4, -0.2) is 56.5 Å². The Balaban J connectivity index is 1.61. The van der Waals surface area contributed by atoms with E-state index in [-0.39, 0.29) is 29.9 Å². The van der Waals surface area contributed by atoms with E-state index >= 15 is 0 Å². The number of rotatable bonds is 5. The van der Waals surface area contributed by atoms with Gasteiger partial charge in [0.25, 0.3) is 5.91 Å². The summed E-state index contributed by atoms with van der Waals surface area (Å²) < 4.78 is 43.3. The second-order valence-electron chi connectivity index (χ2n) is 10.00. The summed E-state index contributed by atoms with van der Waals surface area (Å²) in [5.41, 5.74) is -2.47. The van der Waals surface area contributed by atoms with Crippen molar-refractivity contribution in [3.05, 3.63) is 76.5 Å². The molecule has 1 aliphatic carbocycles. The van der Waals surface area contributed by atoms with Gasteiger partial charge in [-0.25, -0.2) is 22.9 Å². The molecule has 1 fully saturated rings. The van der Waals surface area contributed by atoms with Crippen LogP contribution in [-0.2, 0) is 12.0 Å². The Morgan fingerprint density at radius 3 is 2.52 bits per heavy atom. The van der Waals surface area contributed by atoms with Gasteiger partial charge < -0.3 is 31.3 Å². The number of carboxylic acid groups (broad SMARTS) is 1. The van der Waals surface area contributed by atoms with Crippen molar-refractivity contribution in [1.82, 2.24) is 20.6 Å². The highest BCUT2D eigenvalue weighted by atomic mass is 19.1. The molecule has 3 heterocycles. The molecule has 0 bridgehead atoms. The van der Waals surface area contributed by atoms with Gasteiger partial charge in [0.15, 0.2) is 0 Å². The molecule has 1 unspecified atom stereocenters. The maximum atomic E-state index is 14.6. The summed E-state index contributed by atoms with van der Waals surface area (Å²) in [4.78, 5) is 33.5. The van der Waals surface area contributed by atoms with Crippen molar-refractivity contribution in [2.45, 2.75) is 37.5 Å². The molecule has 40 heavy (non-hydrogen) atoms. The number of aliphatic hydroxyl groups excluding tert-OH is 2. The van der Waals surface area contributed by atoms with E-state index in [1.807, 2.05) is 0 Å². The zero-order chi connectivity index (χ0) is 28.8. The van der Waals surface area contributed by atoms with E-state index in [2.05, 4.69) is 25.9 Å². The van der Waals surface area contributed by atoms with E-state index in [0.717, 1.165) is 30.3 Å². The van der Waals surface area contributed by atoms with Crippen molar-refractivity contribution in [2.24, 2.45) is 5.92 Å². The van der Waals surface area contributed by atoms with Crippen molar-refractivity contribution < 1.29 is 38.1 Å². The summed E-state index contributed by atoms with van der Waals surface area (Å²) in [5.74, 6) is -4.50. The molecular formula is C27H26F3N5O5. The maximum Gasteiger partial charge on any atom is 0.405 e. The van der Waals surface area contributed by atoms with Crippen molar-refractivity contribution >= 4 is 17.7 Å². The van der Waals surface area contributed by atoms with E-state index in [9.17, 15) is 38.1 Å². The average Bonchev–Trinajstić information content (AvgIpc) is 3.27. The van der Waals surface area contributed by atoms with Crippen LogP contribution < -0.4 is 16.0 Å². The number of aromatic nitrogens is 2. The topological polar surface area (TPSA) is 157 Å². The van der Waals surface area contributed by atoms with Gasteiger partial charge in [-0.1, -0.05) is 13.0 Å².